The average Bonchev–Trinajstić information content (AvgIpc) is 3.35. The van der Waals surface area contributed by atoms with Crippen LogP contribution in [0, 0.1) is 0 Å². The Labute approximate surface area is 204 Å². The number of aromatic nitrogens is 3. The molecular weight excluding hydrogens is 497 g/mol. The van der Waals surface area contributed by atoms with E-state index in [-0.39, 0.29) is 10.8 Å². The zero-order valence-corrected chi connectivity index (χ0v) is 19.9. The Morgan fingerprint density at radius 2 is 1.77 bits per heavy atom. The number of hydrogen-bond acceptors (Lipinski definition) is 7. The highest BCUT2D eigenvalue weighted by molar-refractivity contribution is 7.90. The lowest BCUT2D eigenvalue weighted by molar-refractivity contribution is -0.137. The van der Waals surface area contributed by atoms with Gasteiger partial charge in [0.25, 0.3) is 0 Å². The van der Waals surface area contributed by atoms with E-state index in [1.54, 1.807) is 12.1 Å². The molecule has 2 aromatic carbocycles. The smallest absolute Gasteiger partial charge is 0.352 e. The van der Waals surface area contributed by atoms with Gasteiger partial charge < -0.3 is 4.90 Å². The third-order valence-electron chi connectivity index (χ3n) is 5.86. The van der Waals surface area contributed by atoms with E-state index in [2.05, 4.69) is 14.3 Å². The van der Waals surface area contributed by atoms with Crippen LogP contribution in [0.1, 0.15) is 21.7 Å². The number of benzene rings is 2. The van der Waals surface area contributed by atoms with Gasteiger partial charge >= 0.3 is 6.18 Å². The molecule has 0 saturated carbocycles. The summed E-state index contributed by atoms with van der Waals surface area (Å²) in [5, 5.41) is 0.384. The van der Waals surface area contributed by atoms with Crippen LogP contribution in [0.3, 0.4) is 0 Å². The van der Waals surface area contributed by atoms with E-state index in [0.717, 1.165) is 45.9 Å². The SMILES string of the molecule is O=S(=O)(Cc1ncns1)c1cccc(N2CCc3c(cccc3-c3ccc(C(F)(F)F)cc3)C2)n1. The molecule has 35 heavy (non-hydrogen) atoms. The van der Waals surface area contributed by atoms with E-state index in [1.165, 1.54) is 24.5 Å². The summed E-state index contributed by atoms with van der Waals surface area (Å²) in [6.07, 6.45) is -2.40. The molecule has 6 nitrogen and oxygen atoms in total. The first-order valence-corrected chi connectivity index (χ1v) is 13.1. The van der Waals surface area contributed by atoms with Crippen molar-refractivity contribution in [2.24, 2.45) is 0 Å². The summed E-state index contributed by atoms with van der Waals surface area (Å²) in [5.74, 6) is 0.293. The Balaban J connectivity index is 1.39. The maximum atomic E-state index is 12.9. The van der Waals surface area contributed by atoms with E-state index in [1.807, 2.05) is 23.1 Å². The zero-order chi connectivity index (χ0) is 24.6. The molecule has 0 saturated heterocycles. The van der Waals surface area contributed by atoms with E-state index in [9.17, 15) is 21.6 Å². The predicted octanol–water partition coefficient (Wildman–Crippen LogP) is 5.16. The number of anilines is 1. The van der Waals surface area contributed by atoms with Crippen LogP contribution in [0.5, 0.6) is 0 Å². The normalized spacial score (nSPS) is 14.1. The van der Waals surface area contributed by atoms with Crippen molar-refractivity contribution in [1.29, 1.82) is 0 Å². The number of sulfone groups is 1. The predicted molar refractivity (Wildman–Crippen MR) is 127 cm³/mol. The van der Waals surface area contributed by atoms with Gasteiger partial charge in [-0.15, -0.1) is 0 Å². The molecule has 0 unspecified atom stereocenters. The van der Waals surface area contributed by atoms with E-state index in [4.69, 9.17) is 0 Å². The monoisotopic (exact) mass is 516 g/mol. The molecule has 0 bridgehead atoms. The molecule has 0 radical (unpaired) electrons. The Morgan fingerprint density at radius 3 is 2.49 bits per heavy atom. The summed E-state index contributed by atoms with van der Waals surface area (Å²) in [5.41, 5.74) is 3.05. The van der Waals surface area contributed by atoms with Gasteiger partial charge in [-0.2, -0.15) is 17.5 Å². The topological polar surface area (TPSA) is 76.1 Å². The molecular formula is C24H19F3N4O2S2. The van der Waals surface area contributed by atoms with Crippen LogP contribution >= 0.6 is 11.5 Å². The molecule has 3 heterocycles. The van der Waals surface area contributed by atoms with Gasteiger partial charge in [-0.05, 0) is 64.5 Å². The summed E-state index contributed by atoms with van der Waals surface area (Å²) in [4.78, 5) is 10.4. The second-order valence-electron chi connectivity index (χ2n) is 8.12. The lowest BCUT2D eigenvalue weighted by Gasteiger charge is -2.31. The minimum atomic E-state index is -4.37. The van der Waals surface area contributed by atoms with Gasteiger partial charge in [-0.3, -0.25) is 0 Å². The average molecular weight is 517 g/mol. The first-order valence-electron chi connectivity index (χ1n) is 10.7. The summed E-state index contributed by atoms with van der Waals surface area (Å²) >= 11 is 1.04. The third kappa shape index (κ3) is 4.92. The van der Waals surface area contributed by atoms with Gasteiger partial charge in [-0.25, -0.2) is 18.4 Å². The number of nitrogens with zero attached hydrogens (tertiary/aromatic N) is 4. The van der Waals surface area contributed by atoms with Gasteiger partial charge in [0, 0.05) is 13.1 Å². The summed E-state index contributed by atoms with van der Waals surface area (Å²) < 4.78 is 68.3. The van der Waals surface area contributed by atoms with Crippen molar-refractivity contribution >= 4 is 27.2 Å². The van der Waals surface area contributed by atoms with Gasteiger partial charge in [0.2, 0.25) is 9.84 Å². The van der Waals surface area contributed by atoms with Gasteiger partial charge in [0.15, 0.2) is 5.03 Å². The van der Waals surface area contributed by atoms with Crippen LogP contribution < -0.4 is 4.90 Å². The Kier molecular flexibility index (Phi) is 6.06. The fraction of sp³-hybridized carbons (Fsp3) is 0.208. The van der Waals surface area contributed by atoms with Crippen LogP contribution in [0.25, 0.3) is 11.1 Å². The maximum Gasteiger partial charge on any atom is 0.416 e. The minimum absolute atomic E-state index is 0.0190. The number of pyridine rings is 1. The number of fused-ring (bicyclic) bond motifs is 1. The van der Waals surface area contributed by atoms with Crippen LogP contribution in [0.4, 0.5) is 19.0 Å². The molecule has 0 fully saturated rings. The summed E-state index contributed by atoms with van der Waals surface area (Å²) in [6, 6.07) is 15.9. The molecule has 2 aromatic heterocycles. The molecule has 0 spiro atoms. The number of halogens is 3. The molecule has 180 valence electrons. The first kappa shape index (κ1) is 23.4. The summed E-state index contributed by atoms with van der Waals surface area (Å²) in [6.45, 7) is 1.11. The second kappa shape index (κ2) is 9.04. The molecule has 1 aliphatic rings. The van der Waals surface area contributed by atoms with Gasteiger partial charge in [0.05, 0.1) is 5.56 Å². The molecule has 4 aromatic rings. The lowest BCUT2D eigenvalue weighted by atomic mass is 9.90. The van der Waals surface area contributed by atoms with Crippen molar-refractivity contribution in [3.8, 4) is 11.1 Å². The number of hydrogen-bond donors (Lipinski definition) is 0. The lowest BCUT2D eigenvalue weighted by Crippen LogP contribution is -2.31. The molecule has 11 heteroatoms. The van der Waals surface area contributed by atoms with Crippen molar-refractivity contribution in [3.05, 3.63) is 88.7 Å². The third-order valence-corrected chi connectivity index (χ3v) is 8.22. The van der Waals surface area contributed by atoms with Crippen molar-refractivity contribution in [2.75, 3.05) is 11.4 Å². The van der Waals surface area contributed by atoms with Crippen LogP contribution in [-0.4, -0.2) is 29.3 Å². The Morgan fingerprint density at radius 1 is 1.00 bits per heavy atom. The second-order valence-corrected chi connectivity index (χ2v) is 10.9. The van der Waals surface area contributed by atoms with E-state index >= 15 is 0 Å². The summed E-state index contributed by atoms with van der Waals surface area (Å²) in [7, 11) is -3.67. The largest absolute Gasteiger partial charge is 0.416 e. The van der Waals surface area contributed by atoms with Crippen molar-refractivity contribution in [2.45, 2.75) is 29.9 Å². The van der Waals surface area contributed by atoms with E-state index < -0.39 is 21.6 Å². The molecule has 5 rings (SSSR count). The molecule has 1 aliphatic heterocycles. The molecule has 0 aliphatic carbocycles. The van der Waals surface area contributed by atoms with Gasteiger partial charge in [-0.1, -0.05) is 36.4 Å². The minimum Gasteiger partial charge on any atom is -0.352 e. The van der Waals surface area contributed by atoms with Crippen LogP contribution in [0.2, 0.25) is 0 Å². The quantitative estimate of drug-likeness (QED) is 0.365. The number of rotatable bonds is 5. The van der Waals surface area contributed by atoms with Crippen LogP contribution in [-0.2, 0) is 34.7 Å². The highest BCUT2D eigenvalue weighted by Gasteiger charge is 2.30. The van der Waals surface area contributed by atoms with Crippen molar-refractivity contribution < 1.29 is 21.6 Å². The highest BCUT2D eigenvalue weighted by Crippen LogP contribution is 2.35. The molecule has 0 atom stereocenters. The maximum absolute atomic E-state index is 12.9. The first-order chi connectivity index (χ1) is 16.7. The van der Waals surface area contributed by atoms with E-state index in [0.29, 0.717) is 30.3 Å². The Hall–Kier alpha value is -3.31. The van der Waals surface area contributed by atoms with Gasteiger partial charge in [0.1, 0.15) is 22.9 Å². The fourth-order valence-electron chi connectivity index (χ4n) is 4.16. The number of alkyl halides is 3. The highest BCUT2D eigenvalue weighted by atomic mass is 32.2. The molecule has 0 N–H and O–H groups in total. The fourth-order valence-corrected chi connectivity index (χ4v) is 6.22. The van der Waals surface area contributed by atoms with Crippen molar-refractivity contribution in [1.82, 2.24) is 14.3 Å². The van der Waals surface area contributed by atoms with Crippen molar-refractivity contribution in [3.63, 3.8) is 0 Å². The zero-order valence-electron chi connectivity index (χ0n) is 18.2. The standard InChI is InChI=1S/C24H19F3N4O2S2/c25-24(26,27)18-9-7-16(8-10-18)19-4-1-3-17-13-31(12-11-20(17)19)21-5-2-6-23(30-21)35(32,33)14-22-28-15-29-34-22/h1-10,15H,11-14H2. The molecule has 0 amide bonds. The Bertz CT molecular complexity index is 1460. The van der Waals surface area contributed by atoms with Crippen LogP contribution in [0.15, 0.2) is 72.0 Å².